The highest BCUT2D eigenvalue weighted by Gasteiger charge is 2.15. The number of rotatable bonds is 7. The summed E-state index contributed by atoms with van der Waals surface area (Å²) >= 11 is 0. The summed E-state index contributed by atoms with van der Waals surface area (Å²) in [5.74, 6) is 0.768. The number of hydrogen-bond acceptors (Lipinski definition) is 4. The molecule has 1 aromatic carbocycles. The Morgan fingerprint density at radius 2 is 2.14 bits per heavy atom. The fourth-order valence-corrected chi connectivity index (χ4v) is 2.37. The van der Waals surface area contributed by atoms with Gasteiger partial charge in [-0.15, -0.1) is 0 Å². The molecule has 2 aromatic rings. The molecule has 0 aliphatic carbocycles. The zero-order valence-corrected chi connectivity index (χ0v) is 12.9. The molecule has 0 spiro atoms. The molecule has 0 saturated carbocycles. The molecule has 0 aliphatic rings. The zero-order valence-electron chi connectivity index (χ0n) is 12.9. The van der Waals surface area contributed by atoms with Crippen LogP contribution >= 0.6 is 0 Å². The van der Waals surface area contributed by atoms with E-state index in [0.29, 0.717) is 18.5 Å². The summed E-state index contributed by atoms with van der Waals surface area (Å²) in [6.07, 6.45) is 1.04. The predicted molar refractivity (Wildman–Crippen MR) is 84.6 cm³/mol. The van der Waals surface area contributed by atoms with Gasteiger partial charge in [0.1, 0.15) is 5.82 Å². The maximum absolute atomic E-state index is 12.7. The van der Waals surface area contributed by atoms with Gasteiger partial charge in [-0.2, -0.15) is 0 Å². The molecule has 1 aromatic heterocycles. The fraction of sp³-hybridized carbons (Fsp3) is 0.500. The van der Waals surface area contributed by atoms with E-state index < -0.39 is 0 Å². The molecule has 0 saturated heterocycles. The van der Waals surface area contributed by atoms with Gasteiger partial charge in [0.05, 0.1) is 30.1 Å². The number of benzene rings is 1. The van der Waals surface area contributed by atoms with Gasteiger partial charge in [0, 0.05) is 7.11 Å². The third kappa shape index (κ3) is 3.49. The summed E-state index contributed by atoms with van der Waals surface area (Å²) in [6, 6.07) is 7.50. The van der Waals surface area contributed by atoms with Crippen LogP contribution in [0.15, 0.2) is 29.1 Å². The molecule has 114 valence electrons. The molecule has 1 N–H and O–H groups in total. The Hall–Kier alpha value is -1.72. The van der Waals surface area contributed by atoms with Crippen LogP contribution in [0.5, 0.6) is 0 Å². The number of ether oxygens (including phenoxy) is 1. The number of hydrogen-bond donors (Lipinski definition) is 1. The SMILES string of the molecule is CCCN[C@H](C)c1nc2ccccc2c(=O)n1CCOC. The van der Waals surface area contributed by atoms with Crippen LogP contribution in [0, 0.1) is 0 Å². The molecule has 0 unspecified atom stereocenters. The first-order valence-electron chi connectivity index (χ1n) is 7.40. The van der Waals surface area contributed by atoms with Crippen LogP contribution in [0.25, 0.3) is 10.9 Å². The van der Waals surface area contributed by atoms with Crippen molar-refractivity contribution in [2.24, 2.45) is 0 Å². The third-order valence-corrected chi connectivity index (χ3v) is 3.50. The van der Waals surface area contributed by atoms with E-state index in [-0.39, 0.29) is 11.6 Å². The second-order valence-electron chi connectivity index (χ2n) is 5.11. The Morgan fingerprint density at radius 3 is 2.86 bits per heavy atom. The van der Waals surface area contributed by atoms with Gasteiger partial charge in [-0.25, -0.2) is 4.98 Å². The highest BCUT2D eigenvalue weighted by atomic mass is 16.5. The highest BCUT2D eigenvalue weighted by molar-refractivity contribution is 5.77. The van der Waals surface area contributed by atoms with Crippen molar-refractivity contribution in [3.63, 3.8) is 0 Å². The Morgan fingerprint density at radius 1 is 1.38 bits per heavy atom. The smallest absolute Gasteiger partial charge is 0.261 e. The molecule has 0 bridgehead atoms. The van der Waals surface area contributed by atoms with Gasteiger partial charge in [-0.3, -0.25) is 9.36 Å². The number of methoxy groups -OCH3 is 1. The van der Waals surface area contributed by atoms with Crippen molar-refractivity contribution in [1.82, 2.24) is 14.9 Å². The number of aromatic nitrogens is 2. The lowest BCUT2D eigenvalue weighted by molar-refractivity contribution is 0.184. The van der Waals surface area contributed by atoms with Crippen molar-refractivity contribution >= 4 is 10.9 Å². The van der Waals surface area contributed by atoms with Crippen LogP contribution in [0.1, 0.15) is 32.1 Å². The number of fused-ring (bicyclic) bond motifs is 1. The summed E-state index contributed by atoms with van der Waals surface area (Å²) in [4.78, 5) is 17.4. The van der Waals surface area contributed by atoms with E-state index in [1.807, 2.05) is 31.2 Å². The van der Waals surface area contributed by atoms with Crippen LogP contribution < -0.4 is 10.9 Å². The van der Waals surface area contributed by atoms with Gasteiger partial charge in [-0.1, -0.05) is 19.1 Å². The normalized spacial score (nSPS) is 12.7. The van der Waals surface area contributed by atoms with Gasteiger partial charge in [0.25, 0.3) is 5.56 Å². The van der Waals surface area contributed by atoms with E-state index in [4.69, 9.17) is 4.74 Å². The van der Waals surface area contributed by atoms with Crippen molar-refractivity contribution in [2.75, 3.05) is 20.3 Å². The van der Waals surface area contributed by atoms with Crippen molar-refractivity contribution in [3.05, 3.63) is 40.4 Å². The third-order valence-electron chi connectivity index (χ3n) is 3.50. The first-order valence-corrected chi connectivity index (χ1v) is 7.40. The summed E-state index contributed by atoms with van der Waals surface area (Å²) in [5.41, 5.74) is 0.745. The Labute approximate surface area is 125 Å². The largest absolute Gasteiger partial charge is 0.383 e. The van der Waals surface area contributed by atoms with Crippen LogP contribution in [-0.2, 0) is 11.3 Å². The molecular formula is C16H23N3O2. The first-order chi connectivity index (χ1) is 10.2. The second-order valence-corrected chi connectivity index (χ2v) is 5.11. The van der Waals surface area contributed by atoms with E-state index in [2.05, 4.69) is 17.2 Å². The topological polar surface area (TPSA) is 56.2 Å². The van der Waals surface area contributed by atoms with E-state index in [1.54, 1.807) is 11.7 Å². The minimum Gasteiger partial charge on any atom is -0.383 e. The monoisotopic (exact) mass is 289 g/mol. The molecule has 1 atom stereocenters. The maximum Gasteiger partial charge on any atom is 0.261 e. The van der Waals surface area contributed by atoms with Gasteiger partial charge >= 0.3 is 0 Å². The van der Waals surface area contributed by atoms with Crippen molar-refractivity contribution in [2.45, 2.75) is 32.9 Å². The molecule has 5 heteroatoms. The minimum absolute atomic E-state index is 0.00204. The average Bonchev–Trinajstić information content (AvgIpc) is 2.51. The molecule has 1 heterocycles. The quantitative estimate of drug-likeness (QED) is 0.848. The molecule has 0 aliphatic heterocycles. The van der Waals surface area contributed by atoms with Crippen molar-refractivity contribution in [1.29, 1.82) is 0 Å². The van der Waals surface area contributed by atoms with Gasteiger partial charge in [-0.05, 0) is 32.0 Å². The summed E-state index contributed by atoms with van der Waals surface area (Å²) in [7, 11) is 1.64. The van der Waals surface area contributed by atoms with Crippen molar-refractivity contribution < 1.29 is 4.74 Å². The lowest BCUT2D eigenvalue weighted by Gasteiger charge is -2.19. The fourth-order valence-electron chi connectivity index (χ4n) is 2.37. The molecular weight excluding hydrogens is 266 g/mol. The summed E-state index contributed by atoms with van der Waals surface area (Å²) in [5, 5.41) is 4.05. The second kappa shape index (κ2) is 7.33. The Bertz CT molecular complexity index is 652. The average molecular weight is 289 g/mol. The Balaban J connectivity index is 2.51. The van der Waals surface area contributed by atoms with Crippen LogP contribution in [0.2, 0.25) is 0 Å². The highest BCUT2D eigenvalue weighted by Crippen LogP contribution is 2.13. The predicted octanol–water partition coefficient (Wildman–Crippen LogP) is 2.10. The molecule has 5 nitrogen and oxygen atoms in total. The zero-order chi connectivity index (χ0) is 15.2. The van der Waals surface area contributed by atoms with Gasteiger partial charge < -0.3 is 10.1 Å². The van der Waals surface area contributed by atoms with E-state index in [0.717, 1.165) is 24.3 Å². The lowest BCUT2D eigenvalue weighted by Crippen LogP contribution is -2.32. The molecule has 0 amide bonds. The van der Waals surface area contributed by atoms with E-state index in [9.17, 15) is 4.79 Å². The first kappa shape index (κ1) is 15.7. The van der Waals surface area contributed by atoms with Crippen LogP contribution in [-0.4, -0.2) is 29.8 Å². The molecule has 21 heavy (non-hydrogen) atoms. The summed E-state index contributed by atoms with van der Waals surface area (Å²) in [6.45, 7) is 6.06. The minimum atomic E-state index is -0.00204. The lowest BCUT2D eigenvalue weighted by atomic mass is 10.2. The van der Waals surface area contributed by atoms with Crippen LogP contribution in [0.3, 0.4) is 0 Å². The molecule has 0 radical (unpaired) electrons. The summed E-state index contributed by atoms with van der Waals surface area (Å²) < 4.78 is 6.84. The molecule has 2 rings (SSSR count). The number of para-hydroxylation sites is 1. The van der Waals surface area contributed by atoms with E-state index >= 15 is 0 Å². The maximum atomic E-state index is 12.7. The van der Waals surface area contributed by atoms with Gasteiger partial charge in [0.15, 0.2) is 0 Å². The van der Waals surface area contributed by atoms with Gasteiger partial charge in [0.2, 0.25) is 0 Å². The van der Waals surface area contributed by atoms with Crippen molar-refractivity contribution in [3.8, 4) is 0 Å². The van der Waals surface area contributed by atoms with E-state index in [1.165, 1.54) is 0 Å². The standard InChI is InChI=1S/C16H23N3O2/c1-4-9-17-12(2)15-18-14-8-6-5-7-13(14)16(20)19(15)10-11-21-3/h5-8,12,17H,4,9-11H2,1-3H3/t12-/m1/s1. The number of nitrogens with one attached hydrogen (secondary N) is 1. The molecule has 0 fully saturated rings. The number of nitrogens with zero attached hydrogens (tertiary/aromatic N) is 2. The van der Waals surface area contributed by atoms with Crippen LogP contribution in [0.4, 0.5) is 0 Å². The Kier molecular flexibility index (Phi) is 5.47.